The van der Waals surface area contributed by atoms with Crippen molar-refractivity contribution in [1.82, 2.24) is 0 Å². The van der Waals surface area contributed by atoms with Gasteiger partial charge in [0.25, 0.3) is 0 Å². The van der Waals surface area contributed by atoms with Crippen LogP contribution in [0.1, 0.15) is 45.1 Å². The zero-order valence-electron chi connectivity index (χ0n) is 21.2. The number of anilines is 1. The maximum absolute atomic E-state index is 2.63. The molecule has 6 rings (SSSR count). The Morgan fingerprint density at radius 2 is 1.09 bits per heavy atom. The summed E-state index contributed by atoms with van der Waals surface area (Å²) >= 11 is 0. The molecule has 0 radical (unpaired) electrons. The van der Waals surface area contributed by atoms with Crippen LogP contribution in [0.2, 0.25) is 0 Å². The van der Waals surface area contributed by atoms with Crippen LogP contribution in [0.4, 0.5) is 5.69 Å². The Labute approximate surface area is 211 Å². The van der Waals surface area contributed by atoms with E-state index in [4.69, 9.17) is 0 Å². The molecule has 35 heavy (non-hydrogen) atoms. The summed E-state index contributed by atoms with van der Waals surface area (Å²) in [7, 11) is -0.172. The molecule has 0 bridgehead atoms. The van der Waals surface area contributed by atoms with Crippen molar-refractivity contribution in [2.24, 2.45) is 0 Å². The number of fused-ring (bicyclic) bond motifs is 3. The van der Waals surface area contributed by atoms with Gasteiger partial charge in [-0.2, -0.15) is 0 Å². The molecule has 1 aliphatic carbocycles. The van der Waals surface area contributed by atoms with E-state index in [0.29, 0.717) is 0 Å². The summed E-state index contributed by atoms with van der Waals surface area (Å²) in [6.45, 7) is 5.04. The molecule has 1 saturated carbocycles. The van der Waals surface area contributed by atoms with Crippen LogP contribution >= 0.6 is 0 Å². The number of rotatable bonds is 4. The molecule has 1 fully saturated rings. The predicted octanol–water partition coefficient (Wildman–Crippen LogP) is 5.10. The third-order valence-corrected chi connectivity index (χ3v) is 14.3. The first kappa shape index (κ1) is 22.4. The summed E-state index contributed by atoms with van der Waals surface area (Å²) < 4.78 is 0. The number of hydrogen-bond acceptors (Lipinski definition) is 1. The molecular formula is C33H35NSi. The lowest BCUT2D eigenvalue weighted by Gasteiger charge is -2.49. The highest BCUT2D eigenvalue weighted by atomic mass is 28.3. The lowest BCUT2D eigenvalue weighted by molar-refractivity contribution is 0.190. The van der Waals surface area contributed by atoms with Gasteiger partial charge in [-0.25, -0.2) is 0 Å². The summed E-state index contributed by atoms with van der Waals surface area (Å²) in [4.78, 5) is 2.60. The molecule has 4 aromatic carbocycles. The van der Waals surface area contributed by atoms with Gasteiger partial charge >= 0.3 is 0 Å². The minimum absolute atomic E-state index is 0.176. The minimum Gasteiger partial charge on any atom is -0.368 e. The first-order valence-corrected chi connectivity index (χ1v) is 15.1. The number of nitrogens with zero attached hydrogens (tertiary/aromatic N) is 1. The Morgan fingerprint density at radius 3 is 1.60 bits per heavy atom. The molecule has 2 heteroatoms. The zero-order valence-corrected chi connectivity index (χ0v) is 22.2. The molecule has 0 spiro atoms. The summed E-state index contributed by atoms with van der Waals surface area (Å²) in [5.41, 5.74) is 3.34. The average molecular weight is 474 g/mol. The van der Waals surface area contributed by atoms with E-state index in [9.17, 15) is 0 Å². The molecule has 2 atom stereocenters. The van der Waals surface area contributed by atoms with E-state index in [0.717, 1.165) is 0 Å². The second kappa shape index (κ2) is 8.24. The highest BCUT2D eigenvalue weighted by Gasteiger charge is 2.56. The Bertz CT molecular complexity index is 1240. The molecular weight excluding hydrogens is 438 g/mol. The Balaban J connectivity index is 1.68. The Kier molecular flexibility index (Phi) is 5.26. The van der Waals surface area contributed by atoms with Crippen LogP contribution < -0.4 is 25.6 Å². The number of benzene rings is 4. The highest BCUT2D eigenvalue weighted by molar-refractivity contribution is 7.19. The summed E-state index contributed by atoms with van der Waals surface area (Å²) in [6.07, 6.45) is 5.18. The molecule has 0 aromatic heterocycles. The molecule has 4 aromatic rings. The van der Waals surface area contributed by atoms with Gasteiger partial charge in [-0.15, -0.1) is 0 Å². The fourth-order valence-corrected chi connectivity index (χ4v) is 12.1. The Morgan fingerprint density at radius 1 is 0.600 bits per heavy atom. The van der Waals surface area contributed by atoms with Gasteiger partial charge in [0.15, 0.2) is 8.07 Å². The third-order valence-electron chi connectivity index (χ3n) is 9.53. The topological polar surface area (TPSA) is 3.24 Å². The minimum atomic E-state index is -2.50. The van der Waals surface area contributed by atoms with Gasteiger partial charge in [0, 0.05) is 23.7 Å². The lowest BCUT2D eigenvalue weighted by Crippen LogP contribution is -2.74. The monoisotopic (exact) mass is 473 g/mol. The van der Waals surface area contributed by atoms with Crippen LogP contribution in [-0.2, 0) is 5.41 Å². The highest BCUT2D eigenvalue weighted by Crippen LogP contribution is 2.57. The lowest BCUT2D eigenvalue weighted by atomic mass is 9.62. The molecule has 2 aliphatic rings. The molecule has 0 amide bonds. The number of hydrogen-bond donors (Lipinski definition) is 0. The predicted molar refractivity (Wildman–Crippen MR) is 153 cm³/mol. The van der Waals surface area contributed by atoms with E-state index in [1.165, 1.54) is 52.1 Å². The molecule has 0 saturated heterocycles. The van der Waals surface area contributed by atoms with Gasteiger partial charge in [-0.1, -0.05) is 123 Å². The first-order valence-electron chi connectivity index (χ1n) is 13.1. The van der Waals surface area contributed by atoms with Crippen molar-refractivity contribution in [2.75, 3.05) is 11.9 Å². The van der Waals surface area contributed by atoms with Gasteiger partial charge < -0.3 is 4.90 Å². The van der Waals surface area contributed by atoms with Crippen LogP contribution in [0.25, 0.3) is 0 Å². The largest absolute Gasteiger partial charge is 0.368 e. The second-order valence-corrected chi connectivity index (χ2v) is 14.8. The van der Waals surface area contributed by atoms with Crippen LogP contribution in [0.15, 0.2) is 109 Å². The molecule has 1 heterocycles. The maximum Gasteiger partial charge on any atom is 0.179 e. The SMILES string of the molecule is CN1c2ccc([Si](c3ccccc3)(c3ccccc3)c3ccccc3)cc2C2(C)CCCCC12C. The van der Waals surface area contributed by atoms with Crippen molar-refractivity contribution < 1.29 is 0 Å². The molecule has 1 aliphatic heterocycles. The summed E-state index contributed by atoms with van der Waals surface area (Å²) in [5, 5.41) is 5.82. The van der Waals surface area contributed by atoms with E-state index in [-0.39, 0.29) is 11.0 Å². The molecule has 2 unspecified atom stereocenters. The van der Waals surface area contributed by atoms with Crippen molar-refractivity contribution in [3.05, 3.63) is 115 Å². The fourth-order valence-electron chi connectivity index (χ4n) is 7.29. The fraction of sp³-hybridized carbons (Fsp3) is 0.273. The second-order valence-electron chi connectivity index (χ2n) is 11.0. The van der Waals surface area contributed by atoms with Crippen molar-refractivity contribution in [2.45, 2.75) is 50.5 Å². The van der Waals surface area contributed by atoms with Crippen molar-refractivity contribution in [3.8, 4) is 0 Å². The Hall–Kier alpha value is -3.10. The van der Waals surface area contributed by atoms with Gasteiger partial charge in [-0.3, -0.25) is 0 Å². The van der Waals surface area contributed by atoms with Crippen LogP contribution in [0.5, 0.6) is 0 Å². The first-order chi connectivity index (χ1) is 17.0. The smallest absolute Gasteiger partial charge is 0.179 e. The third kappa shape index (κ3) is 3.06. The van der Waals surface area contributed by atoms with Crippen molar-refractivity contribution >= 4 is 34.5 Å². The summed E-state index contributed by atoms with van der Waals surface area (Å²) in [5.74, 6) is 0. The van der Waals surface area contributed by atoms with Gasteiger partial charge in [0.05, 0.1) is 0 Å². The average Bonchev–Trinajstić information content (AvgIpc) is 3.09. The van der Waals surface area contributed by atoms with E-state index in [2.05, 4.69) is 135 Å². The van der Waals surface area contributed by atoms with Crippen LogP contribution in [0, 0.1) is 0 Å². The van der Waals surface area contributed by atoms with E-state index >= 15 is 0 Å². The number of likely N-dealkylation sites (N-methyl/N-ethyl adjacent to an activating group) is 1. The molecule has 176 valence electrons. The van der Waals surface area contributed by atoms with Gasteiger partial charge in [-0.05, 0) is 52.1 Å². The molecule has 0 N–H and O–H groups in total. The van der Waals surface area contributed by atoms with Crippen molar-refractivity contribution in [1.29, 1.82) is 0 Å². The molecule has 1 nitrogen and oxygen atoms in total. The van der Waals surface area contributed by atoms with Gasteiger partial charge in [0.2, 0.25) is 0 Å². The van der Waals surface area contributed by atoms with Gasteiger partial charge in [0.1, 0.15) is 0 Å². The standard InChI is InChI=1S/C33H35NSi/c1-32-23-13-14-24-33(32,2)34(3)31-22-21-29(25-30(31)32)35(26-15-7-4-8-16-26,27-17-9-5-10-18-27)28-19-11-6-12-20-28/h4-12,15-22,25H,13-14,23-24H2,1-3H3. The van der Waals surface area contributed by atoms with E-state index in [1.54, 1.807) is 5.56 Å². The quantitative estimate of drug-likeness (QED) is 0.294. The zero-order chi connectivity index (χ0) is 24.1. The maximum atomic E-state index is 2.63. The summed E-state index contributed by atoms with van der Waals surface area (Å²) in [6, 6.07) is 41.4. The van der Waals surface area contributed by atoms with Crippen LogP contribution in [-0.4, -0.2) is 20.7 Å². The van der Waals surface area contributed by atoms with E-state index < -0.39 is 8.07 Å². The van der Waals surface area contributed by atoms with Crippen molar-refractivity contribution in [3.63, 3.8) is 0 Å². The van der Waals surface area contributed by atoms with Crippen LogP contribution in [0.3, 0.4) is 0 Å². The van der Waals surface area contributed by atoms with E-state index in [1.807, 2.05) is 0 Å². The normalized spacial score (nSPS) is 23.6.